The summed E-state index contributed by atoms with van der Waals surface area (Å²) in [5.41, 5.74) is -0.0177. The Morgan fingerprint density at radius 3 is 2.29 bits per heavy atom. The van der Waals surface area contributed by atoms with Crippen LogP contribution >= 0.6 is 0 Å². The molecular weight excluding hydrogens is 463 g/mol. The number of rotatable bonds is 5. The van der Waals surface area contributed by atoms with Crippen LogP contribution < -0.4 is 4.74 Å². The number of carbonyl (C=O) groups excluding carboxylic acids is 2. The van der Waals surface area contributed by atoms with Crippen LogP contribution in [-0.2, 0) is 10.9 Å². The minimum absolute atomic E-state index is 0.0654. The number of para-hydroxylation sites is 1. The van der Waals surface area contributed by atoms with Gasteiger partial charge in [0.25, 0.3) is 11.8 Å². The Balaban J connectivity index is 1.29. The molecule has 35 heavy (non-hydrogen) atoms. The van der Waals surface area contributed by atoms with E-state index in [-0.39, 0.29) is 23.5 Å². The molecule has 0 bridgehead atoms. The lowest BCUT2D eigenvalue weighted by molar-refractivity contribution is -0.137. The molecule has 0 saturated carbocycles. The van der Waals surface area contributed by atoms with Gasteiger partial charge in [-0.3, -0.25) is 14.5 Å². The molecule has 2 aromatic carbocycles. The lowest BCUT2D eigenvalue weighted by atomic mass is 10.1. The lowest BCUT2D eigenvalue weighted by Gasteiger charge is -2.39. The van der Waals surface area contributed by atoms with Gasteiger partial charge in [0.05, 0.1) is 30.9 Å². The number of ether oxygens (including phenoxy) is 2. The highest BCUT2D eigenvalue weighted by molar-refractivity contribution is 5.97. The average Bonchev–Trinajstić information content (AvgIpc) is 2.88. The second-order valence-electron chi connectivity index (χ2n) is 8.61. The predicted molar refractivity (Wildman–Crippen MR) is 122 cm³/mol. The topological polar surface area (TPSA) is 62.3 Å². The molecule has 0 N–H and O–H groups in total. The van der Waals surface area contributed by atoms with E-state index in [4.69, 9.17) is 9.47 Å². The van der Waals surface area contributed by atoms with E-state index in [9.17, 15) is 22.8 Å². The Labute approximate surface area is 202 Å². The highest BCUT2D eigenvalue weighted by Crippen LogP contribution is 2.29. The average molecular weight is 492 g/mol. The minimum atomic E-state index is -4.44. The summed E-state index contributed by atoms with van der Waals surface area (Å²) in [6.07, 6.45) is -4.65. The Hall–Kier alpha value is -3.11. The molecule has 0 spiro atoms. The van der Waals surface area contributed by atoms with Crippen LogP contribution in [0.1, 0.15) is 26.3 Å². The van der Waals surface area contributed by atoms with E-state index in [0.717, 1.165) is 12.1 Å². The van der Waals surface area contributed by atoms with Gasteiger partial charge in [-0.1, -0.05) is 12.1 Å². The van der Waals surface area contributed by atoms with E-state index in [1.54, 1.807) is 29.0 Å². The third-order valence-corrected chi connectivity index (χ3v) is 6.34. The highest BCUT2D eigenvalue weighted by Gasteiger charge is 2.32. The number of piperazine rings is 1. The van der Waals surface area contributed by atoms with Gasteiger partial charge < -0.3 is 19.3 Å². The van der Waals surface area contributed by atoms with Crippen molar-refractivity contribution < 1.29 is 32.2 Å². The molecule has 7 nitrogen and oxygen atoms in total. The number of hydrogen-bond acceptors (Lipinski definition) is 5. The number of hydrogen-bond donors (Lipinski definition) is 0. The Morgan fingerprint density at radius 1 is 0.943 bits per heavy atom. The van der Waals surface area contributed by atoms with Crippen molar-refractivity contribution in [1.29, 1.82) is 0 Å². The largest absolute Gasteiger partial charge is 0.496 e. The maximum Gasteiger partial charge on any atom is 0.416 e. The first-order valence-corrected chi connectivity index (χ1v) is 11.5. The Bertz CT molecular complexity index is 1040. The SMILES string of the molecule is COc1ccccc1C(=O)N1CCN(CC2CN(C(=O)c3ccc(C(F)(F)F)cc3)CCO2)CC1. The highest BCUT2D eigenvalue weighted by atomic mass is 19.4. The summed E-state index contributed by atoms with van der Waals surface area (Å²) in [7, 11) is 1.54. The van der Waals surface area contributed by atoms with Crippen molar-refractivity contribution in [3.8, 4) is 5.75 Å². The van der Waals surface area contributed by atoms with E-state index in [1.165, 1.54) is 12.1 Å². The van der Waals surface area contributed by atoms with Crippen LogP contribution in [0, 0.1) is 0 Å². The van der Waals surface area contributed by atoms with Crippen LogP contribution in [0.25, 0.3) is 0 Å². The second-order valence-corrected chi connectivity index (χ2v) is 8.61. The van der Waals surface area contributed by atoms with Gasteiger partial charge in [-0.25, -0.2) is 0 Å². The maximum absolute atomic E-state index is 12.9. The number of alkyl halides is 3. The zero-order chi connectivity index (χ0) is 25.0. The van der Waals surface area contributed by atoms with Gasteiger partial charge in [-0.05, 0) is 36.4 Å². The fraction of sp³-hybridized carbons (Fsp3) is 0.440. The first kappa shape index (κ1) is 25.0. The van der Waals surface area contributed by atoms with Crippen LogP contribution in [0.15, 0.2) is 48.5 Å². The number of carbonyl (C=O) groups is 2. The van der Waals surface area contributed by atoms with Crippen LogP contribution in [0.2, 0.25) is 0 Å². The summed E-state index contributed by atoms with van der Waals surface area (Å²) >= 11 is 0. The number of morpholine rings is 1. The van der Waals surface area contributed by atoms with Crippen molar-refractivity contribution in [2.45, 2.75) is 12.3 Å². The van der Waals surface area contributed by atoms with Crippen molar-refractivity contribution in [2.75, 3.05) is 59.5 Å². The molecule has 1 unspecified atom stereocenters. The summed E-state index contributed by atoms with van der Waals surface area (Å²) in [5, 5.41) is 0. The van der Waals surface area contributed by atoms with E-state index in [1.807, 2.05) is 12.1 Å². The monoisotopic (exact) mass is 491 g/mol. The number of benzene rings is 2. The first-order valence-electron chi connectivity index (χ1n) is 11.5. The number of amides is 2. The Kier molecular flexibility index (Phi) is 7.61. The molecule has 2 aliphatic rings. The van der Waals surface area contributed by atoms with Gasteiger partial charge in [0.2, 0.25) is 0 Å². The van der Waals surface area contributed by atoms with Crippen molar-refractivity contribution in [2.24, 2.45) is 0 Å². The van der Waals surface area contributed by atoms with Gasteiger partial charge in [-0.15, -0.1) is 0 Å². The van der Waals surface area contributed by atoms with Gasteiger partial charge >= 0.3 is 6.18 Å². The lowest BCUT2D eigenvalue weighted by Crippen LogP contribution is -2.54. The van der Waals surface area contributed by atoms with Gasteiger partial charge in [-0.2, -0.15) is 13.2 Å². The van der Waals surface area contributed by atoms with Crippen LogP contribution in [0.4, 0.5) is 13.2 Å². The van der Waals surface area contributed by atoms with Crippen LogP contribution in [-0.4, -0.2) is 92.1 Å². The molecule has 2 saturated heterocycles. The van der Waals surface area contributed by atoms with Crippen molar-refractivity contribution in [3.63, 3.8) is 0 Å². The van der Waals surface area contributed by atoms with Crippen LogP contribution in [0.3, 0.4) is 0 Å². The van der Waals surface area contributed by atoms with Crippen molar-refractivity contribution in [3.05, 3.63) is 65.2 Å². The standard InChI is InChI=1S/C25H28F3N3O4/c1-34-22-5-3-2-4-21(22)24(33)30-12-10-29(11-13-30)16-20-17-31(14-15-35-20)23(32)18-6-8-19(9-7-18)25(26,27)28/h2-9,20H,10-17H2,1H3. The van der Waals surface area contributed by atoms with Crippen molar-refractivity contribution >= 4 is 11.8 Å². The number of methoxy groups -OCH3 is 1. The molecule has 1 atom stereocenters. The van der Waals surface area contributed by atoms with Gasteiger partial charge in [0.15, 0.2) is 0 Å². The van der Waals surface area contributed by atoms with E-state index in [2.05, 4.69) is 4.90 Å². The number of halogens is 3. The van der Waals surface area contributed by atoms with Crippen LogP contribution in [0.5, 0.6) is 5.75 Å². The normalized spacial score (nSPS) is 19.5. The molecule has 4 rings (SSSR count). The van der Waals surface area contributed by atoms with Crippen molar-refractivity contribution in [1.82, 2.24) is 14.7 Å². The molecule has 2 aromatic rings. The first-order chi connectivity index (χ1) is 16.8. The molecule has 2 amide bonds. The molecule has 0 aromatic heterocycles. The summed E-state index contributed by atoms with van der Waals surface area (Å²) in [5.74, 6) is 0.178. The maximum atomic E-state index is 12.9. The summed E-state index contributed by atoms with van der Waals surface area (Å²) in [4.78, 5) is 31.3. The third-order valence-electron chi connectivity index (χ3n) is 6.34. The molecular formula is C25H28F3N3O4. The van der Waals surface area contributed by atoms with Gasteiger partial charge in [0.1, 0.15) is 5.75 Å². The number of nitrogens with zero attached hydrogens (tertiary/aromatic N) is 3. The zero-order valence-corrected chi connectivity index (χ0v) is 19.5. The molecule has 2 heterocycles. The molecule has 188 valence electrons. The zero-order valence-electron chi connectivity index (χ0n) is 19.5. The summed E-state index contributed by atoms with van der Waals surface area (Å²) in [6.45, 7) is 4.20. The fourth-order valence-electron chi connectivity index (χ4n) is 4.41. The molecule has 2 fully saturated rings. The van der Waals surface area contributed by atoms with E-state index < -0.39 is 11.7 Å². The summed E-state index contributed by atoms with van der Waals surface area (Å²) in [6, 6.07) is 11.4. The minimum Gasteiger partial charge on any atom is -0.496 e. The third kappa shape index (κ3) is 5.94. The molecule has 10 heteroatoms. The Morgan fingerprint density at radius 2 is 1.63 bits per heavy atom. The van der Waals surface area contributed by atoms with E-state index >= 15 is 0 Å². The summed E-state index contributed by atoms with van der Waals surface area (Å²) < 4.78 is 49.5. The smallest absolute Gasteiger partial charge is 0.416 e. The quantitative estimate of drug-likeness (QED) is 0.644. The van der Waals surface area contributed by atoms with Gasteiger partial charge in [0, 0.05) is 51.4 Å². The second kappa shape index (κ2) is 10.7. The predicted octanol–water partition coefficient (Wildman–Crippen LogP) is 3.01. The molecule has 2 aliphatic heterocycles. The van der Waals surface area contributed by atoms with E-state index in [0.29, 0.717) is 63.7 Å². The fourth-order valence-corrected chi connectivity index (χ4v) is 4.41. The molecule has 0 radical (unpaired) electrons. The molecule has 0 aliphatic carbocycles.